The van der Waals surface area contributed by atoms with Crippen LogP contribution in [0.3, 0.4) is 0 Å². The van der Waals surface area contributed by atoms with Gasteiger partial charge in [-0.2, -0.15) is 0 Å². The van der Waals surface area contributed by atoms with Gasteiger partial charge in [-0.15, -0.1) is 0 Å². The van der Waals surface area contributed by atoms with Crippen LogP contribution in [-0.4, -0.2) is 74.9 Å². The zero-order valence-corrected chi connectivity index (χ0v) is 43.3. The normalized spacial score (nSPS) is 14.3. The number of unbranched alkanes of at least 4 members (excludes halogenated alkanes) is 13. The second kappa shape index (κ2) is 46.8. The number of hydrogen-bond acceptors (Lipinski definition) is 7. The summed E-state index contributed by atoms with van der Waals surface area (Å²) in [5.41, 5.74) is 0. The number of nitrogens with zero attached hydrogens (tertiary/aromatic N) is 1. The second-order valence-corrected chi connectivity index (χ2v) is 19.3. The van der Waals surface area contributed by atoms with E-state index in [0.29, 0.717) is 23.9 Å². The summed E-state index contributed by atoms with van der Waals surface area (Å²) < 4.78 is 34.4. The lowest BCUT2D eigenvalue weighted by Crippen LogP contribution is -2.37. The molecule has 0 aliphatic heterocycles. The van der Waals surface area contributed by atoms with Gasteiger partial charge in [0.25, 0.3) is 0 Å². The maximum Gasteiger partial charge on any atom is 0.472 e. The van der Waals surface area contributed by atoms with E-state index in [2.05, 4.69) is 123 Å². The molecule has 10 heteroatoms. The Kier molecular flexibility index (Phi) is 44.4. The summed E-state index contributed by atoms with van der Waals surface area (Å²) in [6.45, 7) is 4.19. The average Bonchev–Trinajstić information content (AvgIpc) is 3.27. The van der Waals surface area contributed by atoms with E-state index in [-0.39, 0.29) is 26.1 Å². The maximum atomic E-state index is 12.8. The number of ether oxygens (including phenoxy) is 2. The van der Waals surface area contributed by atoms with E-state index in [9.17, 15) is 19.0 Å². The van der Waals surface area contributed by atoms with Crippen LogP contribution in [0, 0.1) is 0 Å². The van der Waals surface area contributed by atoms with Gasteiger partial charge in [0.2, 0.25) is 0 Å². The molecule has 9 nitrogen and oxygen atoms in total. The van der Waals surface area contributed by atoms with Crippen LogP contribution >= 0.6 is 7.82 Å². The van der Waals surface area contributed by atoms with Gasteiger partial charge < -0.3 is 18.9 Å². The number of rotatable bonds is 45. The number of carbonyl (C=O) groups is 2. The Morgan fingerprint density at radius 2 is 0.864 bits per heavy atom. The third kappa shape index (κ3) is 50.1. The molecule has 0 amide bonds. The van der Waals surface area contributed by atoms with Crippen LogP contribution in [0.5, 0.6) is 0 Å². The Hall–Kier alpha value is -3.33. The smallest absolute Gasteiger partial charge is 0.462 e. The highest BCUT2D eigenvalue weighted by atomic mass is 31.2. The fourth-order valence-electron chi connectivity index (χ4n) is 6.32. The summed E-state index contributed by atoms with van der Waals surface area (Å²) in [5.74, 6) is -0.838. The molecule has 0 aliphatic rings. The monoisotopic (exact) mass is 941 g/mol. The number of esters is 2. The van der Waals surface area contributed by atoms with E-state index >= 15 is 0 Å². The first-order valence-electron chi connectivity index (χ1n) is 25.6. The van der Waals surface area contributed by atoms with Crippen molar-refractivity contribution in [2.24, 2.45) is 0 Å². The fourth-order valence-corrected chi connectivity index (χ4v) is 7.07. The third-order valence-electron chi connectivity index (χ3n) is 10.3. The van der Waals surface area contributed by atoms with Crippen molar-refractivity contribution in [3.05, 3.63) is 109 Å². The first-order chi connectivity index (χ1) is 32.0. The topological polar surface area (TPSA) is 108 Å². The molecule has 0 radical (unpaired) electrons. The van der Waals surface area contributed by atoms with Gasteiger partial charge in [0, 0.05) is 12.8 Å². The molecule has 0 saturated heterocycles. The molecule has 0 heterocycles. The lowest BCUT2D eigenvalue weighted by molar-refractivity contribution is -0.870. The Morgan fingerprint density at radius 1 is 0.485 bits per heavy atom. The highest BCUT2D eigenvalue weighted by Gasteiger charge is 2.27. The molecule has 0 aromatic rings. The standard InChI is InChI=1S/C56H94NO8P/c1-6-8-10-12-14-16-18-20-21-22-23-24-25-26-27-28-29-30-31-32-33-34-35-37-39-41-43-45-47-49-56(59)65-54(53-64-66(60,61)63-51-50-57(3,4)5)52-62-55(58)48-46-44-42-40-38-36-19-17-15-13-11-9-7-2/h8,10-11,13-14,16-17,19-21,23-24,26-27,29-30,32-33,54H,6-7,9,12,15,18,22,25,28,31,34-53H2,1-5H3/p+1/b10-8-,13-11-,16-14-,19-17-,21-20-,24-23-,27-26-,30-29-,33-32-. The number of phosphoric ester groups is 1. The largest absolute Gasteiger partial charge is 0.472 e. The van der Waals surface area contributed by atoms with Crippen molar-refractivity contribution in [3.63, 3.8) is 0 Å². The Bertz CT molecular complexity index is 1480. The minimum atomic E-state index is -4.39. The molecule has 0 aliphatic carbocycles. The van der Waals surface area contributed by atoms with Crippen molar-refractivity contribution in [1.82, 2.24) is 0 Å². The molecule has 2 atom stereocenters. The molecular weight excluding hydrogens is 846 g/mol. The molecule has 0 rings (SSSR count). The summed E-state index contributed by atoms with van der Waals surface area (Å²) >= 11 is 0. The molecule has 2 unspecified atom stereocenters. The molecule has 0 saturated carbocycles. The Morgan fingerprint density at radius 3 is 1.29 bits per heavy atom. The van der Waals surface area contributed by atoms with Gasteiger partial charge in [-0.25, -0.2) is 4.57 Å². The van der Waals surface area contributed by atoms with Gasteiger partial charge in [0.15, 0.2) is 6.10 Å². The number of carbonyl (C=O) groups excluding carboxylic acids is 2. The minimum Gasteiger partial charge on any atom is -0.462 e. The number of likely N-dealkylation sites (N-methyl/N-ethyl adjacent to an activating group) is 1. The molecule has 0 aromatic heterocycles. The zero-order valence-electron chi connectivity index (χ0n) is 42.4. The lowest BCUT2D eigenvalue weighted by Gasteiger charge is -2.24. The van der Waals surface area contributed by atoms with Gasteiger partial charge >= 0.3 is 19.8 Å². The van der Waals surface area contributed by atoms with Crippen molar-refractivity contribution in [2.45, 2.75) is 187 Å². The predicted molar refractivity (Wildman–Crippen MR) is 279 cm³/mol. The van der Waals surface area contributed by atoms with Crippen molar-refractivity contribution in [3.8, 4) is 0 Å². The van der Waals surface area contributed by atoms with Crippen molar-refractivity contribution < 1.29 is 42.1 Å². The van der Waals surface area contributed by atoms with Gasteiger partial charge in [-0.1, -0.05) is 181 Å². The fraction of sp³-hybridized carbons (Fsp3) is 0.643. The predicted octanol–water partition coefficient (Wildman–Crippen LogP) is 15.5. The summed E-state index contributed by atoms with van der Waals surface area (Å²) in [6.07, 6.45) is 64.3. The molecule has 376 valence electrons. The lowest BCUT2D eigenvalue weighted by atomic mass is 10.1. The number of allylic oxidation sites excluding steroid dienone is 18. The van der Waals surface area contributed by atoms with Crippen LogP contribution in [0.15, 0.2) is 109 Å². The summed E-state index contributed by atoms with van der Waals surface area (Å²) in [5, 5.41) is 0. The van der Waals surface area contributed by atoms with E-state index in [0.717, 1.165) is 116 Å². The number of quaternary nitrogens is 1. The van der Waals surface area contributed by atoms with E-state index in [4.69, 9.17) is 18.5 Å². The Labute approximate surface area is 404 Å². The van der Waals surface area contributed by atoms with Gasteiger partial charge in [-0.05, 0) is 96.3 Å². The first kappa shape index (κ1) is 62.7. The van der Waals surface area contributed by atoms with Crippen LogP contribution in [0.2, 0.25) is 0 Å². The number of phosphoric acid groups is 1. The SMILES string of the molecule is CC/C=C\C/C=C\C/C=C\C/C=C\C/C=C\C/C=C\C/C=C\CCCCCCCCCC(=O)OC(COC(=O)CCCCCCC/C=C\C/C=C\CCC)COP(=O)(O)OCC[N+](C)(C)C. The van der Waals surface area contributed by atoms with Gasteiger partial charge in [0.05, 0.1) is 27.7 Å². The van der Waals surface area contributed by atoms with Crippen molar-refractivity contribution in [2.75, 3.05) is 47.5 Å². The van der Waals surface area contributed by atoms with Gasteiger partial charge in [-0.3, -0.25) is 18.6 Å². The molecule has 1 N–H and O–H groups in total. The van der Waals surface area contributed by atoms with Gasteiger partial charge in [0.1, 0.15) is 19.8 Å². The zero-order chi connectivity index (χ0) is 48.5. The molecule has 0 bridgehead atoms. The molecule has 0 spiro atoms. The number of hydrogen-bond donors (Lipinski definition) is 1. The van der Waals surface area contributed by atoms with E-state index in [1.54, 1.807) is 0 Å². The summed E-state index contributed by atoms with van der Waals surface area (Å²) in [6, 6.07) is 0. The van der Waals surface area contributed by atoms with E-state index in [1.807, 2.05) is 21.1 Å². The molecule has 0 aromatic carbocycles. The van der Waals surface area contributed by atoms with Crippen molar-refractivity contribution >= 4 is 19.8 Å². The second-order valence-electron chi connectivity index (χ2n) is 17.8. The van der Waals surface area contributed by atoms with E-state index < -0.39 is 32.5 Å². The molecule has 66 heavy (non-hydrogen) atoms. The molecular formula is C56H95NO8P+. The van der Waals surface area contributed by atoms with Crippen LogP contribution in [-0.2, 0) is 32.7 Å². The highest BCUT2D eigenvalue weighted by molar-refractivity contribution is 7.47. The quantitative estimate of drug-likeness (QED) is 0.0211. The van der Waals surface area contributed by atoms with Crippen molar-refractivity contribution in [1.29, 1.82) is 0 Å². The minimum absolute atomic E-state index is 0.0208. The third-order valence-corrected chi connectivity index (χ3v) is 11.3. The summed E-state index contributed by atoms with van der Waals surface area (Å²) in [7, 11) is 1.44. The highest BCUT2D eigenvalue weighted by Crippen LogP contribution is 2.43. The average molecular weight is 941 g/mol. The molecule has 0 fully saturated rings. The first-order valence-corrected chi connectivity index (χ1v) is 27.1. The maximum absolute atomic E-state index is 12.8. The summed E-state index contributed by atoms with van der Waals surface area (Å²) in [4.78, 5) is 35.5. The Balaban J connectivity index is 4.26. The van der Waals surface area contributed by atoms with E-state index in [1.165, 1.54) is 25.7 Å². The van der Waals surface area contributed by atoms with Crippen LogP contribution in [0.25, 0.3) is 0 Å². The van der Waals surface area contributed by atoms with Crippen LogP contribution in [0.4, 0.5) is 0 Å². The van der Waals surface area contributed by atoms with Crippen LogP contribution < -0.4 is 0 Å². The van der Waals surface area contributed by atoms with Crippen LogP contribution in [0.1, 0.15) is 181 Å².